The Morgan fingerprint density at radius 2 is 1.92 bits per heavy atom. The summed E-state index contributed by atoms with van der Waals surface area (Å²) in [6, 6.07) is 13.4. The van der Waals surface area contributed by atoms with Gasteiger partial charge in [0, 0.05) is 45.0 Å². The van der Waals surface area contributed by atoms with Crippen LogP contribution in [0.25, 0.3) is 6.08 Å². The van der Waals surface area contributed by atoms with Crippen molar-refractivity contribution < 1.29 is 14.3 Å². The van der Waals surface area contributed by atoms with Crippen LogP contribution < -0.4 is 29.9 Å². The maximum absolute atomic E-state index is 12.2. The molecule has 204 valence electrons. The zero-order valence-corrected chi connectivity index (χ0v) is 23.1. The third-order valence-corrected chi connectivity index (χ3v) is 6.16. The molecule has 2 aromatic carbocycles. The summed E-state index contributed by atoms with van der Waals surface area (Å²) in [4.78, 5) is 27.7. The van der Waals surface area contributed by atoms with E-state index < -0.39 is 0 Å². The highest BCUT2D eigenvalue weighted by Gasteiger charge is 2.21. The highest BCUT2D eigenvalue weighted by atomic mass is 16.5. The van der Waals surface area contributed by atoms with Gasteiger partial charge in [0.05, 0.1) is 30.7 Å². The zero-order valence-electron chi connectivity index (χ0n) is 23.1. The van der Waals surface area contributed by atoms with Gasteiger partial charge in [-0.25, -0.2) is 4.98 Å². The van der Waals surface area contributed by atoms with Crippen LogP contribution in [0.1, 0.15) is 5.56 Å². The van der Waals surface area contributed by atoms with Gasteiger partial charge in [-0.2, -0.15) is 4.98 Å². The van der Waals surface area contributed by atoms with Gasteiger partial charge < -0.3 is 34.8 Å². The molecule has 3 aromatic rings. The SMILES string of the molecule is C=CC(=O)Nc1cc(Nc2ncc3c(n2)N(C)CC(Oc2ccccc2)=C3)c(OC)cc1N(C)CCN(C)C. The Kier molecular flexibility index (Phi) is 8.67. The summed E-state index contributed by atoms with van der Waals surface area (Å²) in [5.74, 6) is 3.04. The number of rotatable bonds is 11. The fraction of sp³-hybridized carbons (Fsp3) is 0.276. The Morgan fingerprint density at radius 3 is 2.62 bits per heavy atom. The van der Waals surface area contributed by atoms with Crippen LogP contribution in [0.3, 0.4) is 0 Å². The van der Waals surface area contributed by atoms with Crippen LogP contribution >= 0.6 is 0 Å². The molecule has 0 saturated carbocycles. The van der Waals surface area contributed by atoms with Crippen molar-refractivity contribution in [1.29, 1.82) is 0 Å². The lowest BCUT2D eigenvalue weighted by molar-refractivity contribution is -0.111. The van der Waals surface area contributed by atoms with E-state index in [9.17, 15) is 4.79 Å². The van der Waals surface area contributed by atoms with Gasteiger partial charge in [-0.15, -0.1) is 0 Å². The molecule has 10 nitrogen and oxygen atoms in total. The number of carbonyl (C=O) groups is 1. The molecule has 0 aliphatic carbocycles. The number of ether oxygens (including phenoxy) is 2. The topological polar surface area (TPSA) is 95.1 Å². The van der Waals surface area contributed by atoms with Gasteiger partial charge in [0.2, 0.25) is 11.9 Å². The Labute approximate surface area is 229 Å². The molecule has 0 radical (unpaired) electrons. The third kappa shape index (κ3) is 6.85. The van der Waals surface area contributed by atoms with E-state index in [0.29, 0.717) is 29.6 Å². The lowest BCUT2D eigenvalue weighted by atomic mass is 10.2. The number of hydrogen-bond acceptors (Lipinski definition) is 9. The summed E-state index contributed by atoms with van der Waals surface area (Å²) < 4.78 is 11.7. The summed E-state index contributed by atoms with van der Waals surface area (Å²) in [7, 11) is 9.57. The fourth-order valence-electron chi connectivity index (χ4n) is 4.11. The van der Waals surface area contributed by atoms with Crippen molar-refractivity contribution in [3.63, 3.8) is 0 Å². The van der Waals surface area contributed by atoms with Crippen molar-refractivity contribution in [3.8, 4) is 11.5 Å². The molecule has 2 N–H and O–H groups in total. The largest absolute Gasteiger partial charge is 0.494 e. The quantitative estimate of drug-likeness (QED) is 0.354. The number of methoxy groups -OCH3 is 1. The second-order valence-corrected chi connectivity index (χ2v) is 9.47. The molecule has 0 bridgehead atoms. The van der Waals surface area contributed by atoms with Crippen LogP contribution in [0.4, 0.5) is 28.8 Å². The van der Waals surface area contributed by atoms with Gasteiger partial charge in [0.1, 0.15) is 23.1 Å². The number of benzene rings is 2. The molecule has 4 rings (SSSR count). The van der Waals surface area contributed by atoms with Gasteiger partial charge in [-0.1, -0.05) is 24.8 Å². The molecule has 1 aliphatic heterocycles. The first-order valence-electron chi connectivity index (χ1n) is 12.6. The molecule has 39 heavy (non-hydrogen) atoms. The maximum Gasteiger partial charge on any atom is 0.247 e. The maximum atomic E-state index is 12.2. The van der Waals surface area contributed by atoms with Gasteiger partial charge in [0.25, 0.3) is 0 Å². The molecule has 0 atom stereocenters. The second-order valence-electron chi connectivity index (χ2n) is 9.47. The predicted octanol–water partition coefficient (Wildman–Crippen LogP) is 4.22. The van der Waals surface area contributed by atoms with Crippen LogP contribution in [0.15, 0.2) is 67.1 Å². The predicted molar refractivity (Wildman–Crippen MR) is 157 cm³/mol. The van der Waals surface area contributed by atoms with E-state index in [1.165, 1.54) is 6.08 Å². The van der Waals surface area contributed by atoms with E-state index in [1.807, 2.05) is 81.6 Å². The summed E-state index contributed by atoms with van der Waals surface area (Å²) in [5.41, 5.74) is 2.90. The lowest BCUT2D eigenvalue weighted by Crippen LogP contribution is -2.29. The van der Waals surface area contributed by atoms with E-state index in [4.69, 9.17) is 14.5 Å². The first-order chi connectivity index (χ1) is 18.8. The lowest BCUT2D eigenvalue weighted by Gasteiger charge is -2.27. The average molecular weight is 530 g/mol. The number of aromatic nitrogens is 2. The minimum Gasteiger partial charge on any atom is -0.494 e. The van der Waals surface area contributed by atoms with E-state index in [0.717, 1.165) is 41.7 Å². The monoisotopic (exact) mass is 529 g/mol. The van der Waals surface area contributed by atoms with Crippen LogP contribution in [-0.2, 0) is 4.79 Å². The van der Waals surface area contributed by atoms with Crippen LogP contribution in [0.2, 0.25) is 0 Å². The van der Waals surface area contributed by atoms with Crippen LogP contribution in [0.5, 0.6) is 11.5 Å². The number of amides is 1. The van der Waals surface area contributed by atoms with Crippen molar-refractivity contribution >= 4 is 40.8 Å². The molecule has 0 fully saturated rings. The minimum absolute atomic E-state index is 0.305. The summed E-state index contributed by atoms with van der Waals surface area (Å²) in [6.07, 6.45) is 4.95. The molecule has 1 aromatic heterocycles. The van der Waals surface area contributed by atoms with E-state index >= 15 is 0 Å². The number of para-hydroxylation sites is 1. The molecule has 1 aliphatic rings. The Bertz CT molecular complexity index is 1360. The zero-order chi connectivity index (χ0) is 27.9. The third-order valence-electron chi connectivity index (χ3n) is 6.16. The smallest absolute Gasteiger partial charge is 0.247 e. The van der Waals surface area contributed by atoms with E-state index in [2.05, 4.69) is 32.0 Å². The van der Waals surface area contributed by atoms with E-state index in [1.54, 1.807) is 13.3 Å². The summed E-state index contributed by atoms with van der Waals surface area (Å²) >= 11 is 0. The molecule has 10 heteroatoms. The van der Waals surface area contributed by atoms with Gasteiger partial charge in [-0.05, 0) is 44.4 Å². The first-order valence-corrected chi connectivity index (χ1v) is 12.6. The Balaban J connectivity index is 1.62. The molecule has 1 amide bonds. The van der Waals surface area contributed by atoms with Gasteiger partial charge in [-0.3, -0.25) is 4.79 Å². The number of likely N-dealkylation sites (N-methyl/N-ethyl adjacent to an activating group) is 3. The minimum atomic E-state index is -0.305. The number of nitrogens with zero attached hydrogens (tertiary/aromatic N) is 5. The van der Waals surface area contributed by atoms with Crippen molar-refractivity contribution in [2.24, 2.45) is 0 Å². The average Bonchev–Trinajstić information content (AvgIpc) is 2.92. The van der Waals surface area contributed by atoms with Crippen LogP contribution in [0, 0.1) is 0 Å². The van der Waals surface area contributed by atoms with Crippen molar-refractivity contribution in [2.75, 3.05) is 75.4 Å². The van der Waals surface area contributed by atoms with Gasteiger partial charge in [0.15, 0.2) is 0 Å². The number of nitrogens with one attached hydrogen (secondary N) is 2. The Hall–Kier alpha value is -4.57. The summed E-state index contributed by atoms with van der Waals surface area (Å²) in [5, 5.41) is 6.17. The number of carbonyl (C=O) groups excluding carboxylic acids is 1. The Morgan fingerprint density at radius 1 is 1.15 bits per heavy atom. The molecular formula is C29H35N7O3. The first kappa shape index (κ1) is 27.5. The number of fused-ring (bicyclic) bond motifs is 1. The highest BCUT2D eigenvalue weighted by Crippen LogP contribution is 2.38. The van der Waals surface area contributed by atoms with E-state index in [-0.39, 0.29) is 5.91 Å². The van der Waals surface area contributed by atoms with Crippen molar-refractivity contribution in [1.82, 2.24) is 14.9 Å². The van der Waals surface area contributed by atoms with Crippen molar-refractivity contribution in [2.45, 2.75) is 0 Å². The molecule has 2 heterocycles. The fourth-order valence-corrected chi connectivity index (χ4v) is 4.11. The number of anilines is 5. The molecule has 0 spiro atoms. The standard InChI is InChI=1S/C29H35N7O3/c1-7-27(37)31-23-16-24(26(38-6)17-25(23)35(4)14-13-34(2)3)32-29-30-18-20-15-22(19-36(5)28(20)33-29)39-21-11-9-8-10-12-21/h7-12,15-18H,1,13-14,19H2,2-6H3,(H,31,37)(H,30,32,33). The van der Waals surface area contributed by atoms with Gasteiger partial charge >= 0.3 is 0 Å². The molecule has 0 saturated heterocycles. The molecular weight excluding hydrogens is 494 g/mol. The van der Waals surface area contributed by atoms with Crippen LogP contribution in [-0.4, -0.2) is 75.7 Å². The number of hydrogen-bond donors (Lipinski definition) is 2. The summed E-state index contributed by atoms with van der Waals surface area (Å²) in [6.45, 7) is 5.74. The normalized spacial score (nSPS) is 12.4. The highest BCUT2D eigenvalue weighted by molar-refractivity contribution is 6.02. The molecule has 0 unspecified atom stereocenters. The van der Waals surface area contributed by atoms with Crippen molar-refractivity contribution in [3.05, 3.63) is 72.6 Å². The second kappa shape index (κ2) is 12.3.